The van der Waals surface area contributed by atoms with Crippen LogP contribution in [-0.2, 0) is 6.61 Å². The summed E-state index contributed by atoms with van der Waals surface area (Å²) in [6, 6.07) is 11.5. The molecule has 6 heteroatoms. The molecule has 3 heterocycles. The Morgan fingerprint density at radius 2 is 1.96 bits per heavy atom. The minimum Gasteiger partial charge on any atom is -0.485 e. The maximum Gasteiger partial charge on any atom is 0.180 e. The smallest absolute Gasteiger partial charge is 0.180 e. The van der Waals surface area contributed by atoms with Crippen LogP contribution in [0, 0.1) is 13.8 Å². The SMILES string of the molecule is Cc1noc(C)c1COc1cccn2cc(-c3ccc(N)cc3)nc12. The van der Waals surface area contributed by atoms with Gasteiger partial charge >= 0.3 is 0 Å². The summed E-state index contributed by atoms with van der Waals surface area (Å²) in [5.74, 6) is 1.49. The van der Waals surface area contributed by atoms with Gasteiger partial charge in [-0.1, -0.05) is 17.3 Å². The maximum atomic E-state index is 5.99. The molecule has 4 rings (SSSR count). The fraction of sp³-hybridized carbons (Fsp3) is 0.158. The summed E-state index contributed by atoms with van der Waals surface area (Å²) >= 11 is 0. The number of ether oxygens (including phenoxy) is 1. The van der Waals surface area contributed by atoms with Crippen molar-refractivity contribution in [2.45, 2.75) is 20.5 Å². The van der Waals surface area contributed by atoms with Crippen LogP contribution in [0.4, 0.5) is 5.69 Å². The molecule has 25 heavy (non-hydrogen) atoms. The lowest BCUT2D eigenvalue weighted by atomic mass is 10.1. The Bertz CT molecular complexity index is 1010. The van der Waals surface area contributed by atoms with E-state index in [9.17, 15) is 0 Å². The van der Waals surface area contributed by atoms with Crippen molar-refractivity contribution in [3.63, 3.8) is 0 Å². The van der Waals surface area contributed by atoms with Crippen LogP contribution in [0.3, 0.4) is 0 Å². The Morgan fingerprint density at radius 1 is 1.16 bits per heavy atom. The molecule has 2 N–H and O–H groups in total. The standard InChI is InChI=1S/C19H18N4O2/c1-12-16(13(2)25-22-12)11-24-18-4-3-9-23-10-17(21-19(18)23)14-5-7-15(20)8-6-14/h3-10H,11,20H2,1-2H3. The minimum atomic E-state index is 0.394. The van der Waals surface area contributed by atoms with Gasteiger partial charge in [-0.2, -0.15) is 0 Å². The van der Waals surface area contributed by atoms with Crippen molar-refractivity contribution >= 4 is 11.3 Å². The van der Waals surface area contributed by atoms with E-state index in [1.807, 2.05) is 67.0 Å². The van der Waals surface area contributed by atoms with Crippen molar-refractivity contribution in [2.24, 2.45) is 0 Å². The summed E-state index contributed by atoms with van der Waals surface area (Å²) < 4.78 is 13.1. The van der Waals surface area contributed by atoms with Gasteiger partial charge in [0.1, 0.15) is 12.4 Å². The van der Waals surface area contributed by atoms with Crippen LogP contribution in [0.5, 0.6) is 5.75 Å². The number of aryl methyl sites for hydroxylation is 2. The number of nitrogen functional groups attached to an aromatic ring is 1. The Labute approximate surface area is 144 Å². The second-order valence-corrected chi connectivity index (χ2v) is 5.94. The predicted molar refractivity (Wildman–Crippen MR) is 95.3 cm³/mol. The van der Waals surface area contributed by atoms with E-state index < -0.39 is 0 Å². The zero-order chi connectivity index (χ0) is 17.4. The Hall–Kier alpha value is -3.28. The van der Waals surface area contributed by atoms with Crippen LogP contribution in [-0.4, -0.2) is 14.5 Å². The summed E-state index contributed by atoms with van der Waals surface area (Å²) in [5, 5.41) is 3.96. The third kappa shape index (κ3) is 2.82. The lowest BCUT2D eigenvalue weighted by Crippen LogP contribution is -1.99. The summed E-state index contributed by atoms with van der Waals surface area (Å²) in [7, 11) is 0. The van der Waals surface area contributed by atoms with Gasteiger partial charge in [0.2, 0.25) is 0 Å². The van der Waals surface area contributed by atoms with Gasteiger partial charge in [-0.05, 0) is 38.1 Å². The molecule has 3 aromatic heterocycles. The highest BCUT2D eigenvalue weighted by Gasteiger charge is 2.13. The van der Waals surface area contributed by atoms with Crippen molar-refractivity contribution in [2.75, 3.05) is 5.73 Å². The van der Waals surface area contributed by atoms with E-state index in [-0.39, 0.29) is 0 Å². The van der Waals surface area contributed by atoms with Gasteiger partial charge in [0.25, 0.3) is 0 Å². The van der Waals surface area contributed by atoms with Gasteiger partial charge in [-0.3, -0.25) is 0 Å². The van der Waals surface area contributed by atoms with Gasteiger partial charge in [-0.25, -0.2) is 4.98 Å². The van der Waals surface area contributed by atoms with Crippen molar-refractivity contribution < 1.29 is 9.26 Å². The Balaban J connectivity index is 1.67. The van der Waals surface area contributed by atoms with E-state index in [1.165, 1.54) is 0 Å². The lowest BCUT2D eigenvalue weighted by molar-refractivity contribution is 0.303. The Kier molecular flexibility index (Phi) is 3.65. The molecule has 0 spiro atoms. The first kappa shape index (κ1) is 15.3. The average Bonchev–Trinajstić information content (AvgIpc) is 3.18. The molecule has 1 aromatic carbocycles. The summed E-state index contributed by atoms with van der Waals surface area (Å²) in [4.78, 5) is 4.72. The molecular weight excluding hydrogens is 316 g/mol. The summed E-state index contributed by atoms with van der Waals surface area (Å²) in [6.07, 6.45) is 3.93. The highest BCUT2D eigenvalue weighted by Crippen LogP contribution is 2.26. The maximum absolute atomic E-state index is 5.99. The molecule has 0 saturated carbocycles. The molecule has 0 amide bonds. The number of pyridine rings is 1. The van der Waals surface area contributed by atoms with Crippen LogP contribution in [0.25, 0.3) is 16.9 Å². The topological polar surface area (TPSA) is 78.6 Å². The largest absolute Gasteiger partial charge is 0.485 e. The summed E-state index contributed by atoms with van der Waals surface area (Å²) in [6.45, 7) is 4.18. The van der Waals surface area contributed by atoms with E-state index in [1.54, 1.807) is 0 Å². The Morgan fingerprint density at radius 3 is 2.68 bits per heavy atom. The third-order valence-electron chi connectivity index (χ3n) is 4.21. The zero-order valence-electron chi connectivity index (χ0n) is 14.1. The predicted octanol–water partition coefficient (Wildman–Crippen LogP) is 3.77. The molecule has 0 aliphatic rings. The first-order valence-corrected chi connectivity index (χ1v) is 8.00. The number of hydrogen-bond acceptors (Lipinski definition) is 5. The van der Waals surface area contributed by atoms with Gasteiger partial charge in [0.05, 0.1) is 17.0 Å². The number of nitrogens with two attached hydrogens (primary N) is 1. The number of imidazole rings is 1. The van der Waals surface area contributed by atoms with Crippen molar-refractivity contribution in [1.29, 1.82) is 0 Å². The minimum absolute atomic E-state index is 0.394. The first-order valence-electron chi connectivity index (χ1n) is 8.00. The normalized spacial score (nSPS) is 11.1. The molecular formula is C19H18N4O2. The van der Waals surface area contributed by atoms with E-state index in [0.29, 0.717) is 12.4 Å². The molecule has 0 aliphatic heterocycles. The van der Waals surface area contributed by atoms with Gasteiger partial charge < -0.3 is 19.4 Å². The van der Waals surface area contributed by atoms with Crippen molar-refractivity contribution in [1.82, 2.24) is 14.5 Å². The molecule has 6 nitrogen and oxygen atoms in total. The summed E-state index contributed by atoms with van der Waals surface area (Å²) in [5.41, 5.74) is 10.9. The number of rotatable bonds is 4. The van der Waals surface area contributed by atoms with Crippen LogP contribution < -0.4 is 10.5 Å². The molecule has 0 unspecified atom stereocenters. The van der Waals surface area contributed by atoms with E-state index in [0.717, 1.165) is 39.6 Å². The third-order valence-corrected chi connectivity index (χ3v) is 4.21. The second-order valence-electron chi connectivity index (χ2n) is 5.94. The molecule has 0 radical (unpaired) electrons. The first-order chi connectivity index (χ1) is 12.1. The fourth-order valence-corrected chi connectivity index (χ4v) is 2.75. The number of hydrogen-bond donors (Lipinski definition) is 1. The second kappa shape index (κ2) is 5.98. The van der Waals surface area contributed by atoms with Gasteiger partial charge in [-0.15, -0.1) is 0 Å². The molecule has 126 valence electrons. The number of aromatic nitrogens is 3. The number of benzene rings is 1. The highest BCUT2D eigenvalue weighted by molar-refractivity contribution is 5.67. The van der Waals surface area contributed by atoms with E-state index in [4.69, 9.17) is 20.0 Å². The quantitative estimate of drug-likeness (QED) is 0.575. The molecule has 0 atom stereocenters. The molecule has 4 aromatic rings. The van der Waals surface area contributed by atoms with Crippen LogP contribution in [0.15, 0.2) is 53.3 Å². The molecule has 0 saturated heterocycles. The highest BCUT2D eigenvalue weighted by atomic mass is 16.5. The van der Waals surface area contributed by atoms with Crippen LogP contribution in [0.2, 0.25) is 0 Å². The molecule has 0 bridgehead atoms. The van der Waals surface area contributed by atoms with Gasteiger partial charge in [0.15, 0.2) is 11.4 Å². The van der Waals surface area contributed by atoms with Crippen molar-refractivity contribution in [3.8, 4) is 17.0 Å². The van der Waals surface area contributed by atoms with E-state index >= 15 is 0 Å². The van der Waals surface area contributed by atoms with Crippen molar-refractivity contribution in [3.05, 3.63) is 65.8 Å². The van der Waals surface area contributed by atoms with E-state index in [2.05, 4.69) is 5.16 Å². The molecule has 0 fully saturated rings. The lowest BCUT2D eigenvalue weighted by Gasteiger charge is -2.06. The van der Waals surface area contributed by atoms with Gasteiger partial charge in [0, 0.05) is 23.6 Å². The van der Waals surface area contributed by atoms with Crippen LogP contribution in [0.1, 0.15) is 17.0 Å². The zero-order valence-corrected chi connectivity index (χ0v) is 14.1. The number of nitrogens with zero attached hydrogens (tertiary/aromatic N) is 3. The number of fused-ring (bicyclic) bond motifs is 1. The molecule has 0 aliphatic carbocycles. The average molecular weight is 334 g/mol. The monoisotopic (exact) mass is 334 g/mol. The fourth-order valence-electron chi connectivity index (χ4n) is 2.75. The number of anilines is 1. The van der Waals surface area contributed by atoms with Crippen LogP contribution >= 0.6 is 0 Å².